The molecule has 0 fully saturated rings. The minimum Gasteiger partial charge on any atom is -0.497 e. The second-order valence-corrected chi connectivity index (χ2v) is 16.1. The van der Waals surface area contributed by atoms with Gasteiger partial charge in [0.15, 0.2) is 0 Å². The van der Waals surface area contributed by atoms with Gasteiger partial charge in [0.2, 0.25) is 0 Å². The highest BCUT2D eigenvalue weighted by atomic mass is 16.5. The molecule has 0 bridgehead atoms. The van der Waals surface area contributed by atoms with E-state index < -0.39 is 5.60 Å². The fourth-order valence-corrected chi connectivity index (χ4v) is 8.66. The minimum absolute atomic E-state index is 0.265. The van der Waals surface area contributed by atoms with Crippen molar-refractivity contribution in [3.8, 4) is 39.5 Å². The van der Waals surface area contributed by atoms with Crippen LogP contribution in [0, 0.1) is 0 Å². The average molecular weight is 762 g/mol. The number of ether oxygens (including phenoxy) is 3. The van der Waals surface area contributed by atoms with E-state index in [1.807, 2.05) is 28.9 Å². The fraction of sp³-hybridized carbons (Fsp3) is 0.388. The summed E-state index contributed by atoms with van der Waals surface area (Å²) in [6.45, 7) is 6.56. The quantitative estimate of drug-likeness (QED) is 0.0519. The Bertz CT molecular complexity index is 2470. The molecule has 1 aliphatic rings. The molecule has 1 atom stereocenters. The zero-order chi connectivity index (χ0) is 39.4. The van der Waals surface area contributed by atoms with Crippen LogP contribution in [0.25, 0.3) is 55.1 Å². The zero-order valence-corrected chi connectivity index (χ0v) is 34.2. The van der Waals surface area contributed by atoms with E-state index in [4.69, 9.17) is 34.5 Å². The molecule has 0 saturated carbocycles. The SMILES string of the molecule is CCCCCCCCCCCCCc1cn(C2c3c(c4ccccc4c4nc5c(-c6ccc(OC)cc6)ccc(-c6ccc(OC)cc6)c5nc34)OC2(C)C)nn1. The second-order valence-electron chi connectivity index (χ2n) is 16.1. The number of nitrogens with zero attached hydrogens (tertiary/aromatic N) is 5. The smallest absolute Gasteiger partial charge is 0.135 e. The summed E-state index contributed by atoms with van der Waals surface area (Å²) in [6.07, 6.45) is 17.6. The molecule has 7 aromatic rings. The molecule has 8 nitrogen and oxygen atoms in total. The molecule has 0 saturated heterocycles. The topological polar surface area (TPSA) is 84.2 Å². The Morgan fingerprint density at radius 1 is 0.614 bits per heavy atom. The lowest BCUT2D eigenvalue weighted by molar-refractivity contribution is 0.0945. The molecule has 0 radical (unpaired) electrons. The lowest BCUT2D eigenvalue weighted by Crippen LogP contribution is -2.35. The highest BCUT2D eigenvalue weighted by Gasteiger charge is 2.46. The Morgan fingerprint density at radius 2 is 1.14 bits per heavy atom. The van der Waals surface area contributed by atoms with Gasteiger partial charge in [0.25, 0.3) is 0 Å². The molecule has 2 aromatic heterocycles. The molecule has 5 aromatic carbocycles. The fourth-order valence-electron chi connectivity index (χ4n) is 8.66. The highest BCUT2D eigenvalue weighted by molar-refractivity contribution is 6.13. The number of methoxy groups -OCH3 is 2. The normalized spacial score (nSPS) is 14.6. The van der Waals surface area contributed by atoms with Gasteiger partial charge in [-0.2, -0.15) is 0 Å². The van der Waals surface area contributed by atoms with Crippen LogP contribution in [0.2, 0.25) is 0 Å². The van der Waals surface area contributed by atoms with E-state index in [0.717, 1.165) is 96.4 Å². The van der Waals surface area contributed by atoms with Crippen LogP contribution in [0.3, 0.4) is 0 Å². The molecule has 8 rings (SSSR count). The highest BCUT2D eigenvalue weighted by Crippen LogP contribution is 2.52. The van der Waals surface area contributed by atoms with Gasteiger partial charge < -0.3 is 14.2 Å². The van der Waals surface area contributed by atoms with E-state index in [2.05, 4.69) is 87.6 Å². The van der Waals surface area contributed by atoms with Crippen LogP contribution >= 0.6 is 0 Å². The third-order valence-electron chi connectivity index (χ3n) is 11.7. The van der Waals surface area contributed by atoms with E-state index in [-0.39, 0.29) is 6.04 Å². The molecule has 57 heavy (non-hydrogen) atoms. The number of aromatic nitrogens is 5. The van der Waals surface area contributed by atoms with Gasteiger partial charge in [0, 0.05) is 28.1 Å². The van der Waals surface area contributed by atoms with E-state index >= 15 is 0 Å². The first-order valence-electron chi connectivity index (χ1n) is 21.0. The van der Waals surface area contributed by atoms with Gasteiger partial charge in [0.05, 0.1) is 47.5 Å². The molecule has 294 valence electrons. The van der Waals surface area contributed by atoms with Gasteiger partial charge in [0.1, 0.15) is 28.9 Å². The van der Waals surface area contributed by atoms with Crippen LogP contribution in [0.5, 0.6) is 17.2 Å². The summed E-state index contributed by atoms with van der Waals surface area (Å²) < 4.78 is 20.0. The predicted octanol–water partition coefficient (Wildman–Crippen LogP) is 12.5. The van der Waals surface area contributed by atoms with Crippen LogP contribution in [0.4, 0.5) is 0 Å². The van der Waals surface area contributed by atoms with Gasteiger partial charge in [-0.25, -0.2) is 14.6 Å². The first kappa shape index (κ1) is 38.4. The summed E-state index contributed by atoms with van der Waals surface area (Å²) in [5, 5.41) is 11.5. The number of aryl methyl sites for hydroxylation is 1. The number of fused-ring (bicyclic) bond motifs is 7. The van der Waals surface area contributed by atoms with Crippen molar-refractivity contribution in [3.05, 3.63) is 102 Å². The molecular formula is C49H55N5O3. The Kier molecular flexibility index (Phi) is 11.4. The lowest BCUT2D eigenvalue weighted by Gasteiger charge is -2.26. The largest absolute Gasteiger partial charge is 0.497 e. The molecule has 1 aliphatic heterocycles. The van der Waals surface area contributed by atoms with Crippen molar-refractivity contribution >= 4 is 32.8 Å². The van der Waals surface area contributed by atoms with Crippen molar-refractivity contribution in [1.29, 1.82) is 0 Å². The van der Waals surface area contributed by atoms with Crippen molar-refractivity contribution in [1.82, 2.24) is 25.0 Å². The molecule has 0 aliphatic carbocycles. The van der Waals surface area contributed by atoms with Crippen LogP contribution in [-0.4, -0.2) is 44.8 Å². The van der Waals surface area contributed by atoms with Crippen LogP contribution in [0.15, 0.2) is 91.1 Å². The summed E-state index contributed by atoms with van der Waals surface area (Å²) in [7, 11) is 3.38. The van der Waals surface area contributed by atoms with Crippen LogP contribution in [-0.2, 0) is 6.42 Å². The Hall–Kier alpha value is -5.50. The molecule has 8 heteroatoms. The molecule has 1 unspecified atom stereocenters. The number of rotatable bonds is 17. The summed E-state index contributed by atoms with van der Waals surface area (Å²) in [5.41, 5.74) is 8.75. The predicted molar refractivity (Wildman–Crippen MR) is 232 cm³/mol. The van der Waals surface area contributed by atoms with Crippen molar-refractivity contribution in [3.63, 3.8) is 0 Å². The maximum atomic E-state index is 6.95. The van der Waals surface area contributed by atoms with Crippen molar-refractivity contribution in [2.45, 2.75) is 109 Å². The average Bonchev–Trinajstić information content (AvgIpc) is 3.82. The van der Waals surface area contributed by atoms with Gasteiger partial charge in [-0.1, -0.05) is 137 Å². The van der Waals surface area contributed by atoms with Gasteiger partial charge in [-0.3, -0.25) is 0 Å². The van der Waals surface area contributed by atoms with Gasteiger partial charge in [-0.15, -0.1) is 5.10 Å². The number of hydrogen-bond donors (Lipinski definition) is 0. The number of unbranched alkanes of at least 4 members (excludes halogenated alkanes) is 10. The Labute approximate surface area is 336 Å². The molecule has 0 spiro atoms. The van der Waals surface area contributed by atoms with E-state index in [0.29, 0.717) is 0 Å². The monoisotopic (exact) mass is 761 g/mol. The second kappa shape index (κ2) is 16.9. The third kappa shape index (κ3) is 7.79. The molecular weight excluding hydrogens is 707 g/mol. The van der Waals surface area contributed by atoms with E-state index in [1.54, 1.807) is 14.2 Å². The standard InChI is InChI=1S/C49H55N5O3/c1-6-7-8-9-10-11-12-13-14-15-16-19-35-32-54(53-52-35)48-42-46-45(40-20-17-18-21-41(40)47(42)57-49(48,2)3)50-43-38(33-22-26-36(55-4)27-23-33)30-31-39(44(43)51-46)34-24-28-37(56-5)29-25-34/h17-18,20-32,48H,6-16,19H2,1-5H3. The van der Waals surface area contributed by atoms with E-state index in [1.165, 1.54) is 64.2 Å². The van der Waals surface area contributed by atoms with E-state index in [9.17, 15) is 0 Å². The zero-order valence-electron chi connectivity index (χ0n) is 34.2. The number of hydrogen-bond acceptors (Lipinski definition) is 7. The van der Waals surface area contributed by atoms with Gasteiger partial charge in [-0.05, 0) is 62.1 Å². The third-order valence-corrected chi connectivity index (χ3v) is 11.7. The first-order valence-corrected chi connectivity index (χ1v) is 21.0. The summed E-state index contributed by atoms with van der Waals surface area (Å²) in [6, 6.07) is 28.7. The minimum atomic E-state index is -0.624. The Balaban J connectivity index is 1.18. The van der Waals surface area contributed by atoms with Crippen molar-refractivity contribution in [2.75, 3.05) is 14.2 Å². The molecule has 3 heterocycles. The summed E-state index contributed by atoms with van der Waals surface area (Å²) in [5.74, 6) is 2.44. The van der Waals surface area contributed by atoms with Crippen molar-refractivity contribution in [2.24, 2.45) is 0 Å². The maximum absolute atomic E-state index is 6.95. The maximum Gasteiger partial charge on any atom is 0.135 e. The molecule has 0 amide bonds. The lowest BCUT2D eigenvalue weighted by atomic mass is 9.91. The Morgan fingerprint density at radius 3 is 1.70 bits per heavy atom. The van der Waals surface area contributed by atoms with Gasteiger partial charge >= 0.3 is 0 Å². The van der Waals surface area contributed by atoms with Crippen LogP contribution < -0.4 is 14.2 Å². The van der Waals surface area contributed by atoms with Crippen molar-refractivity contribution < 1.29 is 14.2 Å². The summed E-state index contributed by atoms with van der Waals surface area (Å²) in [4.78, 5) is 11.2. The van der Waals surface area contributed by atoms with Crippen LogP contribution in [0.1, 0.15) is 109 Å². The molecule has 0 N–H and O–H groups in total. The summed E-state index contributed by atoms with van der Waals surface area (Å²) >= 11 is 0. The first-order chi connectivity index (χ1) is 27.9. The number of benzene rings is 5.